The summed E-state index contributed by atoms with van der Waals surface area (Å²) in [4.78, 5) is 0. The second-order valence-electron chi connectivity index (χ2n) is 11.7. The zero-order chi connectivity index (χ0) is 29.5. The van der Waals surface area contributed by atoms with Crippen LogP contribution in [-0.4, -0.2) is 4.57 Å². The number of furan rings is 1. The Balaban J connectivity index is 1.26. The highest BCUT2D eigenvalue weighted by molar-refractivity contribution is 7.26. The molecule has 3 aromatic heterocycles. The molecule has 10 rings (SSSR count). The molecule has 0 atom stereocenters. The monoisotopic (exact) mass is 591 g/mol. The van der Waals surface area contributed by atoms with E-state index in [1.165, 1.54) is 64.2 Å². The predicted molar refractivity (Wildman–Crippen MR) is 192 cm³/mol. The third-order valence-electron chi connectivity index (χ3n) is 9.21. The lowest BCUT2D eigenvalue weighted by Gasteiger charge is -2.10. The highest BCUT2D eigenvalue weighted by atomic mass is 32.1. The molecule has 0 saturated carbocycles. The van der Waals surface area contributed by atoms with Crippen molar-refractivity contribution in [3.63, 3.8) is 0 Å². The second-order valence-corrected chi connectivity index (χ2v) is 12.8. The zero-order valence-corrected chi connectivity index (χ0v) is 25.0. The van der Waals surface area contributed by atoms with Gasteiger partial charge in [-0.1, -0.05) is 103 Å². The molecule has 7 aromatic carbocycles. The minimum Gasteiger partial charge on any atom is -0.456 e. The average Bonchev–Trinajstić information content (AvgIpc) is 3.77. The van der Waals surface area contributed by atoms with Gasteiger partial charge in [0, 0.05) is 47.4 Å². The molecule has 0 aliphatic carbocycles. The van der Waals surface area contributed by atoms with Crippen molar-refractivity contribution in [1.29, 1.82) is 0 Å². The summed E-state index contributed by atoms with van der Waals surface area (Å²) in [7, 11) is 0. The molecular weight excluding hydrogens is 567 g/mol. The molecule has 0 aliphatic heterocycles. The molecule has 0 bridgehead atoms. The van der Waals surface area contributed by atoms with Crippen LogP contribution in [0.2, 0.25) is 0 Å². The quantitative estimate of drug-likeness (QED) is 0.200. The number of fused-ring (bicyclic) bond motifs is 9. The third kappa shape index (κ3) is 3.68. The Kier molecular flexibility index (Phi) is 5.19. The minimum absolute atomic E-state index is 0.907. The molecule has 3 heteroatoms. The van der Waals surface area contributed by atoms with Crippen molar-refractivity contribution < 1.29 is 4.42 Å². The number of nitrogens with zero attached hydrogens (tertiary/aromatic N) is 1. The molecule has 0 fully saturated rings. The Labute approximate surface area is 263 Å². The SMILES string of the molecule is c1ccc(-c2ccc3c4cc(-c5cccc6c5sc5ccccc56)ccc4n(-c4ccc5oc6ccccc6c5c4)c3c2)cc1. The first-order valence-electron chi connectivity index (χ1n) is 15.3. The van der Waals surface area contributed by atoms with E-state index >= 15 is 0 Å². The molecule has 45 heavy (non-hydrogen) atoms. The van der Waals surface area contributed by atoms with Crippen LogP contribution in [0.1, 0.15) is 0 Å². The largest absolute Gasteiger partial charge is 0.456 e. The van der Waals surface area contributed by atoms with Crippen molar-refractivity contribution >= 4 is 75.3 Å². The van der Waals surface area contributed by atoms with E-state index in [1.807, 2.05) is 23.5 Å². The molecule has 0 radical (unpaired) electrons. The summed E-state index contributed by atoms with van der Waals surface area (Å²) in [6, 6.07) is 54.8. The smallest absolute Gasteiger partial charge is 0.135 e. The Morgan fingerprint density at radius 1 is 0.422 bits per heavy atom. The van der Waals surface area contributed by atoms with Gasteiger partial charge in [0.25, 0.3) is 0 Å². The number of rotatable bonds is 3. The van der Waals surface area contributed by atoms with E-state index in [0.717, 1.165) is 27.6 Å². The maximum absolute atomic E-state index is 6.19. The van der Waals surface area contributed by atoms with Crippen LogP contribution in [0, 0.1) is 0 Å². The molecule has 3 heterocycles. The van der Waals surface area contributed by atoms with Crippen LogP contribution in [0.25, 0.3) is 91.9 Å². The fourth-order valence-electron chi connectivity index (χ4n) is 7.10. The summed E-state index contributed by atoms with van der Waals surface area (Å²) in [5.41, 5.74) is 10.3. The van der Waals surface area contributed by atoms with Crippen LogP contribution in [0.3, 0.4) is 0 Å². The van der Waals surface area contributed by atoms with E-state index in [0.29, 0.717) is 0 Å². The number of para-hydroxylation sites is 1. The van der Waals surface area contributed by atoms with E-state index in [9.17, 15) is 0 Å². The summed E-state index contributed by atoms with van der Waals surface area (Å²) in [5, 5.41) is 7.41. The van der Waals surface area contributed by atoms with Gasteiger partial charge in [-0.25, -0.2) is 0 Å². The van der Waals surface area contributed by atoms with Gasteiger partial charge in [-0.2, -0.15) is 0 Å². The average molecular weight is 592 g/mol. The first kappa shape index (κ1) is 24.8. The van der Waals surface area contributed by atoms with Crippen molar-refractivity contribution in [2.24, 2.45) is 0 Å². The Morgan fingerprint density at radius 2 is 1.20 bits per heavy atom. The van der Waals surface area contributed by atoms with Gasteiger partial charge in [-0.05, 0) is 70.8 Å². The van der Waals surface area contributed by atoms with Crippen molar-refractivity contribution in [2.45, 2.75) is 0 Å². The summed E-state index contributed by atoms with van der Waals surface area (Å²) in [6.45, 7) is 0. The molecule has 0 amide bonds. The van der Waals surface area contributed by atoms with E-state index in [-0.39, 0.29) is 0 Å². The lowest BCUT2D eigenvalue weighted by Crippen LogP contribution is -1.94. The van der Waals surface area contributed by atoms with Crippen LogP contribution in [0.5, 0.6) is 0 Å². The van der Waals surface area contributed by atoms with Gasteiger partial charge in [0.15, 0.2) is 0 Å². The summed E-state index contributed by atoms with van der Waals surface area (Å²) >= 11 is 1.88. The standard InChI is InChI=1S/C42H25NOS/c1-2-9-26(10-3-1)27-17-20-31-35-23-28(30-13-8-14-34-33-12-5-7-16-41(33)45-42(30)34)18-21-37(35)43(38(31)24-27)29-19-22-40-36(25-29)32-11-4-6-15-39(32)44-40/h1-25H. The molecule has 0 aliphatic rings. The summed E-state index contributed by atoms with van der Waals surface area (Å²) in [5.74, 6) is 0. The van der Waals surface area contributed by atoms with Crippen LogP contribution >= 0.6 is 11.3 Å². The minimum atomic E-state index is 0.907. The first-order valence-corrected chi connectivity index (χ1v) is 16.1. The fourth-order valence-corrected chi connectivity index (χ4v) is 8.34. The lowest BCUT2D eigenvalue weighted by molar-refractivity contribution is 0.669. The molecule has 2 nitrogen and oxygen atoms in total. The zero-order valence-electron chi connectivity index (χ0n) is 24.2. The highest BCUT2D eigenvalue weighted by Gasteiger charge is 2.17. The molecule has 0 N–H and O–H groups in total. The number of hydrogen-bond donors (Lipinski definition) is 0. The van der Waals surface area contributed by atoms with E-state index < -0.39 is 0 Å². The molecule has 210 valence electrons. The lowest BCUT2D eigenvalue weighted by atomic mass is 10.00. The Bertz CT molecular complexity index is 2760. The fraction of sp³-hybridized carbons (Fsp3) is 0. The van der Waals surface area contributed by atoms with Crippen molar-refractivity contribution in [3.05, 3.63) is 152 Å². The van der Waals surface area contributed by atoms with Gasteiger partial charge >= 0.3 is 0 Å². The summed E-state index contributed by atoms with van der Waals surface area (Å²) in [6.07, 6.45) is 0. The third-order valence-corrected chi connectivity index (χ3v) is 10.4. The molecule has 0 unspecified atom stereocenters. The molecule has 10 aromatic rings. The topological polar surface area (TPSA) is 18.1 Å². The van der Waals surface area contributed by atoms with Crippen molar-refractivity contribution in [3.8, 4) is 27.9 Å². The van der Waals surface area contributed by atoms with Gasteiger partial charge in [-0.3, -0.25) is 0 Å². The number of aromatic nitrogens is 1. The van der Waals surface area contributed by atoms with Gasteiger partial charge in [-0.15, -0.1) is 11.3 Å². The highest BCUT2D eigenvalue weighted by Crippen LogP contribution is 2.42. The summed E-state index contributed by atoms with van der Waals surface area (Å²) < 4.78 is 11.3. The van der Waals surface area contributed by atoms with Crippen molar-refractivity contribution in [1.82, 2.24) is 4.57 Å². The van der Waals surface area contributed by atoms with Gasteiger partial charge in [0.05, 0.1) is 11.0 Å². The van der Waals surface area contributed by atoms with Crippen LogP contribution < -0.4 is 0 Å². The van der Waals surface area contributed by atoms with Gasteiger partial charge < -0.3 is 8.98 Å². The predicted octanol–water partition coefficient (Wildman–Crippen LogP) is 12.4. The Hall–Kier alpha value is -5.64. The van der Waals surface area contributed by atoms with Crippen LogP contribution in [0.4, 0.5) is 0 Å². The molecular formula is C42H25NOS. The van der Waals surface area contributed by atoms with Gasteiger partial charge in [0.1, 0.15) is 11.2 Å². The number of benzene rings is 7. The number of thiophene rings is 1. The second kappa shape index (κ2) is 9.43. The maximum atomic E-state index is 6.19. The van der Waals surface area contributed by atoms with Crippen molar-refractivity contribution in [2.75, 3.05) is 0 Å². The first-order chi connectivity index (χ1) is 22.3. The maximum Gasteiger partial charge on any atom is 0.135 e. The normalized spacial score (nSPS) is 12.0. The van der Waals surface area contributed by atoms with Gasteiger partial charge in [0.2, 0.25) is 0 Å². The van der Waals surface area contributed by atoms with Crippen LogP contribution in [0.15, 0.2) is 156 Å². The number of hydrogen-bond acceptors (Lipinski definition) is 2. The molecule has 0 spiro atoms. The van der Waals surface area contributed by atoms with E-state index in [2.05, 4.69) is 144 Å². The Morgan fingerprint density at radius 3 is 2.13 bits per heavy atom. The molecule has 0 saturated heterocycles. The van der Waals surface area contributed by atoms with E-state index in [1.54, 1.807) is 0 Å². The van der Waals surface area contributed by atoms with E-state index in [4.69, 9.17) is 4.42 Å². The van der Waals surface area contributed by atoms with Crippen LogP contribution in [-0.2, 0) is 0 Å².